The zero-order valence-electron chi connectivity index (χ0n) is 7.95. The number of rotatable bonds is 3. The monoisotopic (exact) mass is 207 g/mol. The van der Waals surface area contributed by atoms with Crippen molar-refractivity contribution in [2.75, 3.05) is 0 Å². The molecule has 14 heavy (non-hydrogen) atoms. The largest absolute Gasteiger partial charge is 0.349 e. The second-order valence-corrected chi connectivity index (χ2v) is 5.20. The van der Waals surface area contributed by atoms with Crippen LogP contribution in [0.4, 0.5) is 0 Å². The number of hydrogen-bond acceptors (Lipinski definition) is 2. The first-order chi connectivity index (χ1) is 6.83. The normalized spacial score (nSPS) is 20.9. The third-order valence-corrected chi connectivity index (χ3v) is 3.87. The van der Waals surface area contributed by atoms with Gasteiger partial charge in [-0.05, 0) is 37.7 Å². The first-order valence-corrected chi connectivity index (χ1v) is 6.10. The van der Waals surface area contributed by atoms with Gasteiger partial charge in [-0.2, -0.15) is 0 Å². The molecule has 1 heterocycles. The maximum absolute atomic E-state index is 11.6. The highest BCUT2D eigenvalue weighted by Gasteiger charge is 2.27. The van der Waals surface area contributed by atoms with Crippen LogP contribution in [0, 0.1) is 0 Å². The summed E-state index contributed by atoms with van der Waals surface area (Å²) in [6.45, 7) is 0. The molecular formula is C11H13NOS. The fraction of sp³-hybridized carbons (Fsp3) is 0.545. The predicted molar refractivity (Wildman–Crippen MR) is 56.8 cm³/mol. The van der Waals surface area contributed by atoms with Crippen LogP contribution in [0.15, 0.2) is 11.4 Å². The van der Waals surface area contributed by atoms with Crippen LogP contribution in [-0.4, -0.2) is 11.9 Å². The van der Waals surface area contributed by atoms with Gasteiger partial charge in [0, 0.05) is 16.3 Å². The van der Waals surface area contributed by atoms with Gasteiger partial charge in [0.25, 0.3) is 5.91 Å². The topological polar surface area (TPSA) is 29.1 Å². The molecule has 0 spiro atoms. The summed E-state index contributed by atoms with van der Waals surface area (Å²) in [6.07, 6.45) is 4.94. The molecule has 2 fully saturated rings. The van der Waals surface area contributed by atoms with Gasteiger partial charge in [-0.25, -0.2) is 0 Å². The Bertz CT molecular complexity index is 363. The van der Waals surface area contributed by atoms with E-state index < -0.39 is 0 Å². The molecule has 3 rings (SSSR count). The molecule has 1 aromatic heterocycles. The summed E-state index contributed by atoms with van der Waals surface area (Å²) in [5.41, 5.74) is 0.865. The molecule has 74 valence electrons. The summed E-state index contributed by atoms with van der Waals surface area (Å²) in [7, 11) is 0. The fourth-order valence-electron chi connectivity index (χ4n) is 1.55. The van der Waals surface area contributed by atoms with Crippen molar-refractivity contribution in [2.45, 2.75) is 37.6 Å². The lowest BCUT2D eigenvalue weighted by Gasteiger charge is -1.98. The molecule has 2 nitrogen and oxygen atoms in total. The maximum Gasteiger partial charge on any atom is 0.252 e. The van der Waals surface area contributed by atoms with Gasteiger partial charge in [-0.3, -0.25) is 4.79 Å². The zero-order chi connectivity index (χ0) is 9.54. The van der Waals surface area contributed by atoms with Gasteiger partial charge in [0.1, 0.15) is 0 Å². The summed E-state index contributed by atoms with van der Waals surface area (Å²) in [4.78, 5) is 13.0. The Morgan fingerprint density at radius 1 is 1.36 bits per heavy atom. The zero-order valence-corrected chi connectivity index (χ0v) is 8.77. The minimum absolute atomic E-state index is 0.121. The van der Waals surface area contributed by atoms with Crippen molar-refractivity contribution in [3.8, 4) is 0 Å². The van der Waals surface area contributed by atoms with Gasteiger partial charge in [-0.1, -0.05) is 0 Å². The smallest absolute Gasteiger partial charge is 0.252 e. The highest BCUT2D eigenvalue weighted by Crippen LogP contribution is 2.42. The summed E-state index contributed by atoms with van der Waals surface area (Å²) in [5, 5.41) is 5.00. The molecular weight excluding hydrogens is 194 g/mol. The Labute approximate surface area is 87.3 Å². The maximum atomic E-state index is 11.6. The van der Waals surface area contributed by atoms with Crippen molar-refractivity contribution >= 4 is 17.2 Å². The van der Waals surface area contributed by atoms with Crippen LogP contribution < -0.4 is 5.32 Å². The predicted octanol–water partition coefficient (Wildman–Crippen LogP) is 2.52. The molecule has 2 aliphatic carbocycles. The third-order valence-electron chi connectivity index (χ3n) is 2.77. The van der Waals surface area contributed by atoms with Crippen LogP contribution in [0.1, 0.15) is 46.8 Å². The molecule has 0 aromatic carbocycles. The van der Waals surface area contributed by atoms with Crippen LogP contribution in [-0.2, 0) is 0 Å². The standard InChI is InChI=1S/C11H13NOS/c13-11(12-9-3-4-9)8-5-10(14-6-8)7-1-2-7/h5-7,9H,1-4H2,(H,12,13). The van der Waals surface area contributed by atoms with E-state index in [9.17, 15) is 4.79 Å². The second kappa shape index (κ2) is 3.09. The van der Waals surface area contributed by atoms with E-state index in [0.29, 0.717) is 6.04 Å². The lowest BCUT2D eigenvalue weighted by Crippen LogP contribution is -2.24. The molecule has 0 radical (unpaired) electrons. The molecule has 2 aliphatic rings. The van der Waals surface area contributed by atoms with Crippen LogP contribution in [0.5, 0.6) is 0 Å². The van der Waals surface area contributed by atoms with E-state index in [-0.39, 0.29) is 5.91 Å². The molecule has 3 heteroatoms. The van der Waals surface area contributed by atoms with Gasteiger partial charge in [-0.15, -0.1) is 11.3 Å². The Morgan fingerprint density at radius 2 is 2.14 bits per heavy atom. The lowest BCUT2D eigenvalue weighted by molar-refractivity contribution is 0.0951. The van der Waals surface area contributed by atoms with Crippen LogP contribution in [0.2, 0.25) is 0 Å². The Morgan fingerprint density at radius 3 is 2.79 bits per heavy atom. The van der Waals surface area contributed by atoms with Crippen LogP contribution in [0.25, 0.3) is 0 Å². The molecule has 0 saturated heterocycles. The van der Waals surface area contributed by atoms with E-state index in [4.69, 9.17) is 0 Å². The first-order valence-electron chi connectivity index (χ1n) is 5.22. The van der Waals surface area contributed by atoms with Gasteiger partial charge in [0.2, 0.25) is 0 Å². The van der Waals surface area contributed by atoms with E-state index in [1.54, 1.807) is 11.3 Å². The number of amides is 1. The van der Waals surface area contributed by atoms with Crippen molar-refractivity contribution in [3.63, 3.8) is 0 Å². The van der Waals surface area contributed by atoms with Crippen molar-refractivity contribution in [3.05, 3.63) is 21.9 Å². The minimum Gasteiger partial charge on any atom is -0.349 e. The second-order valence-electron chi connectivity index (χ2n) is 4.26. The van der Waals surface area contributed by atoms with E-state index in [2.05, 4.69) is 11.4 Å². The summed E-state index contributed by atoms with van der Waals surface area (Å²) in [6, 6.07) is 2.53. The van der Waals surface area contributed by atoms with Crippen LogP contribution in [0.3, 0.4) is 0 Å². The summed E-state index contributed by atoms with van der Waals surface area (Å²) in [5.74, 6) is 0.887. The van der Waals surface area contributed by atoms with E-state index >= 15 is 0 Å². The van der Waals surface area contributed by atoms with Crippen molar-refractivity contribution in [1.82, 2.24) is 5.32 Å². The molecule has 0 unspecified atom stereocenters. The SMILES string of the molecule is O=C(NC1CC1)c1csc(C2CC2)c1. The highest BCUT2D eigenvalue weighted by molar-refractivity contribution is 7.10. The molecule has 0 aliphatic heterocycles. The van der Waals surface area contributed by atoms with Gasteiger partial charge in [0.05, 0.1) is 5.56 Å². The van der Waals surface area contributed by atoms with Gasteiger partial charge < -0.3 is 5.32 Å². The highest BCUT2D eigenvalue weighted by atomic mass is 32.1. The molecule has 0 bridgehead atoms. The third kappa shape index (κ3) is 1.69. The molecule has 2 saturated carbocycles. The van der Waals surface area contributed by atoms with Crippen molar-refractivity contribution < 1.29 is 4.79 Å². The Kier molecular flexibility index (Phi) is 1.87. The van der Waals surface area contributed by atoms with Gasteiger partial charge in [0.15, 0.2) is 0 Å². The fourth-order valence-corrected chi connectivity index (χ4v) is 2.61. The minimum atomic E-state index is 0.121. The van der Waals surface area contributed by atoms with Crippen molar-refractivity contribution in [1.29, 1.82) is 0 Å². The van der Waals surface area contributed by atoms with Gasteiger partial charge >= 0.3 is 0 Å². The summed E-state index contributed by atoms with van der Waals surface area (Å²) < 4.78 is 0. The quantitative estimate of drug-likeness (QED) is 0.810. The summed E-state index contributed by atoms with van der Waals surface area (Å²) >= 11 is 1.74. The van der Waals surface area contributed by atoms with E-state index in [0.717, 1.165) is 24.3 Å². The van der Waals surface area contributed by atoms with E-state index in [1.807, 2.05) is 5.38 Å². The lowest BCUT2D eigenvalue weighted by atomic mass is 10.2. The Balaban J connectivity index is 1.70. The number of nitrogens with one attached hydrogen (secondary N) is 1. The number of carbonyl (C=O) groups is 1. The Hall–Kier alpha value is -0.830. The van der Waals surface area contributed by atoms with E-state index in [1.165, 1.54) is 17.7 Å². The number of carbonyl (C=O) groups excluding carboxylic acids is 1. The molecule has 1 aromatic rings. The number of hydrogen-bond donors (Lipinski definition) is 1. The van der Waals surface area contributed by atoms with Crippen LogP contribution >= 0.6 is 11.3 Å². The first kappa shape index (κ1) is 8.48. The number of thiophene rings is 1. The molecule has 1 N–H and O–H groups in total. The average Bonchev–Trinajstić information content (AvgIpc) is 3.08. The van der Waals surface area contributed by atoms with Crippen molar-refractivity contribution in [2.24, 2.45) is 0 Å². The average molecular weight is 207 g/mol. The molecule has 1 amide bonds. The molecule has 0 atom stereocenters.